The maximum absolute atomic E-state index is 4.69. The van der Waals surface area contributed by atoms with Crippen molar-refractivity contribution in [3.63, 3.8) is 0 Å². The molecule has 1 aromatic heterocycles. The van der Waals surface area contributed by atoms with Gasteiger partial charge >= 0.3 is 0 Å². The minimum absolute atomic E-state index is 0.0842. The Morgan fingerprint density at radius 1 is 0.905 bits per heavy atom. The molecule has 0 aromatic carbocycles. The highest BCUT2D eigenvalue weighted by Crippen LogP contribution is 2.25. The van der Waals surface area contributed by atoms with E-state index in [0.717, 1.165) is 35.9 Å². The summed E-state index contributed by atoms with van der Waals surface area (Å²) in [6.07, 6.45) is 6.05. The third kappa shape index (κ3) is 5.07. The predicted octanol–water partition coefficient (Wildman–Crippen LogP) is 4.84. The second-order valence-electron chi connectivity index (χ2n) is 7.56. The van der Waals surface area contributed by atoms with Crippen LogP contribution in [0.1, 0.15) is 78.8 Å². The van der Waals surface area contributed by atoms with Gasteiger partial charge in [0.15, 0.2) is 5.82 Å². The second kappa shape index (κ2) is 6.50. The van der Waals surface area contributed by atoms with Crippen molar-refractivity contribution >= 4 is 5.57 Å². The summed E-state index contributed by atoms with van der Waals surface area (Å²) >= 11 is 0. The largest absolute Gasteiger partial charge is 0.217 e. The van der Waals surface area contributed by atoms with Crippen LogP contribution >= 0.6 is 0 Å². The van der Waals surface area contributed by atoms with Crippen molar-refractivity contribution in [2.75, 3.05) is 0 Å². The summed E-state index contributed by atoms with van der Waals surface area (Å²) in [5.74, 6) is 2.51. The normalized spacial score (nSPS) is 13.4. The smallest absolute Gasteiger partial charge is 0.158 e. The van der Waals surface area contributed by atoms with Crippen LogP contribution in [0, 0.1) is 0 Å². The molecule has 0 amide bonds. The zero-order chi connectivity index (χ0) is 16.3. The Kier molecular flexibility index (Phi) is 5.43. The molecule has 116 valence electrons. The lowest BCUT2D eigenvalue weighted by Gasteiger charge is -2.22. The molecular weight excluding hydrogens is 258 g/mol. The molecule has 0 bridgehead atoms. The zero-order valence-corrected chi connectivity index (χ0v) is 14.6. The highest BCUT2D eigenvalue weighted by molar-refractivity contribution is 5.57. The Morgan fingerprint density at radius 2 is 1.38 bits per heavy atom. The molecule has 21 heavy (non-hydrogen) atoms. The van der Waals surface area contributed by atoms with Crippen LogP contribution in [0.5, 0.6) is 0 Å². The van der Waals surface area contributed by atoms with Gasteiger partial charge in [-0.1, -0.05) is 53.7 Å². The van der Waals surface area contributed by atoms with Gasteiger partial charge in [0.1, 0.15) is 11.6 Å². The van der Waals surface area contributed by atoms with E-state index >= 15 is 0 Å². The van der Waals surface area contributed by atoms with Gasteiger partial charge in [-0.05, 0) is 25.3 Å². The first-order valence-corrected chi connectivity index (χ1v) is 7.61. The molecule has 0 aliphatic heterocycles. The van der Waals surface area contributed by atoms with E-state index in [0.29, 0.717) is 0 Å². The summed E-state index contributed by atoms with van der Waals surface area (Å²) in [4.78, 5) is 14.1. The van der Waals surface area contributed by atoms with E-state index in [1.54, 1.807) is 0 Å². The van der Waals surface area contributed by atoms with Gasteiger partial charge in [0.25, 0.3) is 0 Å². The van der Waals surface area contributed by atoms with Crippen molar-refractivity contribution in [1.29, 1.82) is 0 Å². The van der Waals surface area contributed by atoms with E-state index in [1.165, 1.54) is 0 Å². The maximum atomic E-state index is 4.69. The fourth-order valence-corrected chi connectivity index (χ4v) is 1.73. The van der Waals surface area contributed by atoms with Crippen LogP contribution in [0.2, 0.25) is 0 Å². The van der Waals surface area contributed by atoms with E-state index in [2.05, 4.69) is 76.1 Å². The van der Waals surface area contributed by atoms with Gasteiger partial charge in [-0.25, -0.2) is 15.0 Å². The van der Waals surface area contributed by atoms with Gasteiger partial charge in [0, 0.05) is 10.8 Å². The monoisotopic (exact) mass is 287 g/mol. The lowest BCUT2D eigenvalue weighted by Crippen LogP contribution is -2.24. The highest BCUT2D eigenvalue weighted by Gasteiger charge is 2.25. The SMILES string of the molecule is C=CCC/C=C(\C)c1nc(C(C)(C)C)nc(C(C)(C)C)n1. The quantitative estimate of drug-likeness (QED) is 0.587. The molecule has 0 fully saturated rings. The molecule has 0 unspecified atom stereocenters. The van der Waals surface area contributed by atoms with E-state index in [1.807, 2.05) is 6.08 Å². The molecule has 0 saturated carbocycles. The molecule has 0 aliphatic carbocycles. The van der Waals surface area contributed by atoms with Crippen molar-refractivity contribution in [2.24, 2.45) is 0 Å². The van der Waals surface area contributed by atoms with Gasteiger partial charge in [-0.2, -0.15) is 0 Å². The number of hydrogen-bond acceptors (Lipinski definition) is 3. The molecule has 1 aromatic rings. The van der Waals surface area contributed by atoms with Crippen LogP contribution in [0.3, 0.4) is 0 Å². The first kappa shape index (κ1) is 17.5. The molecular formula is C18H29N3. The van der Waals surface area contributed by atoms with Crippen molar-refractivity contribution in [2.45, 2.75) is 72.1 Å². The van der Waals surface area contributed by atoms with Gasteiger partial charge in [-0.3, -0.25) is 0 Å². The maximum Gasteiger partial charge on any atom is 0.158 e. The van der Waals surface area contributed by atoms with Crippen LogP contribution in [0.15, 0.2) is 18.7 Å². The molecule has 0 saturated heterocycles. The van der Waals surface area contributed by atoms with Gasteiger partial charge in [-0.15, -0.1) is 6.58 Å². The van der Waals surface area contributed by atoms with Crippen molar-refractivity contribution in [1.82, 2.24) is 15.0 Å². The molecule has 3 nitrogen and oxygen atoms in total. The van der Waals surface area contributed by atoms with Gasteiger partial charge in [0.2, 0.25) is 0 Å². The number of hydrogen-bond donors (Lipinski definition) is 0. The topological polar surface area (TPSA) is 38.7 Å². The number of allylic oxidation sites excluding steroid dienone is 3. The van der Waals surface area contributed by atoms with Crippen LogP contribution in [-0.2, 0) is 10.8 Å². The van der Waals surface area contributed by atoms with Crippen LogP contribution in [-0.4, -0.2) is 15.0 Å². The lowest BCUT2D eigenvalue weighted by molar-refractivity contribution is 0.493. The van der Waals surface area contributed by atoms with Crippen molar-refractivity contribution in [3.8, 4) is 0 Å². The third-order valence-electron chi connectivity index (χ3n) is 3.15. The predicted molar refractivity (Wildman–Crippen MR) is 90.3 cm³/mol. The minimum Gasteiger partial charge on any atom is -0.217 e. The van der Waals surface area contributed by atoms with Crippen LogP contribution < -0.4 is 0 Å². The molecule has 1 heterocycles. The average molecular weight is 287 g/mol. The molecule has 3 heteroatoms. The Balaban J connectivity index is 3.32. The standard InChI is InChI=1S/C18H29N3/c1-9-10-11-12-13(2)14-19-15(17(3,4)5)21-16(20-14)18(6,7)8/h9,12H,1,10-11H2,2-8H3/b13-12+. The first-order valence-electron chi connectivity index (χ1n) is 7.61. The third-order valence-corrected chi connectivity index (χ3v) is 3.15. The highest BCUT2D eigenvalue weighted by atomic mass is 15.1. The number of rotatable bonds is 4. The van der Waals surface area contributed by atoms with Gasteiger partial charge < -0.3 is 0 Å². The van der Waals surface area contributed by atoms with Gasteiger partial charge in [0.05, 0.1) is 0 Å². The fraction of sp³-hybridized carbons (Fsp3) is 0.611. The van der Waals surface area contributed by atoms with E-state index in [9.17, 15) is 0 Å². The summed E-state index contributed by atoms with van der Waals surface area (Å²) in [5.41, 5.74) is 0.938. The number of nitrogens with zero attached hydrogens (tertiary/aromatic N) is 3. The summed E-state index contributed by atoms with van der Waals surface area (Å²) < 4.78 is 0. The first-order chi connectivity index (χ1) is 9.55. The average Bonchev–Trinajstić information content (AvgIpc) is 2.36. The Labute approximate surface area is 129 Å². The lowest BCUT2D eigenvalue weighted by atomic mass is 9.93. The molecule has 0 aliphatic rings. The summed E-state index contributed by atoms with van der Waals surface area (Å²) in [6, 6.07) is 0. The molecule has 0 N–H and O–H groups in total. The Bertz CT molecular complexity index is 496. The van der Waals surface area contributed by atoms with E-state index < -0.39 is 0 Å². The van der Waals surface area contributed by atoms with Crippen LogP contribution in [0.25, 0.3) is 5.57 Å². The Hall–Kier alpha value is -1.51. The fourth-order valence-electron chi connectivity index (χ4n) is 1.73. The Morgan fingerprint density at radius 3 is 1.76 bits per heavy atom. The number of aromatic nitrogens is 3. The molecule has 0 atom stereocenters. The minimum atomic E-state index is -0.0842. The van der Waals surface area contributed by atoms with Crippen LogP contribution in [0.4, 0.5) is 0 Å². The summed E-state index contributed by atoms with van der Waals surface area (Å²) in [5, 5.41) is 0. The van der Waals surface area contributed by atoms with Crippen molar-refractivity contribution < 1.29 is 0 Å². The zero-order valence-electron chi connectivity index (χ0n) is 14.6. The summed E-state index contributed by atoms with van der Waals surface area (Å²) in [6.45, 7) is 18.6. The molecule has 0 radical (unpaired) electrons. The summed E-state index contributed by atoms with van der Waals surface area (Å²) in [7, 11) is 0. The van der Waals surface area contributed by atoms with E-state index in [-0.39, 0.29) is 10.8 Å². The van der Waals surface area contributed by atoms with Crippen molar-refractivity contribution in [3.05, 3.63) is 36.2 Å². The number of unbranched alkanes of at least 4 members (excludes halogenated alkanes) is 1. The van der Waals surface area contributed by atoms with E-state index in [4.69, 9.17) is 0 Å². The second-order valence-corrected chi connectivity index (χ2v) is 7.56. The molecule has 0 spiro atoms. The molecule has 1 rings (SSSR count).